The van der Waals surface area contributed by atoms with Gasteiger partial charge in [0.1, 0.15) is 12.4 Å². The highest BCUT2D eigenvalue weighted by molar-refractivity contribution is 6.31. The Kier molecular flexibility index (Phi) is 7.29. The highest BCUT2D eigenvalue weighted by atomic mass is 35.5. The molecule has 0 aliphatic carbocycles. The number of phenols is 1. The molecule has 0 fully saturated rings. The van der Waals surface area contributed by atoms with Gasteiger partial charge in [0.2, 0.25) is 0 Å². The van der Waals surface area contributed by atoms with Gasteiger partial charge >= 0.3 is 0 Å². The maximum absolute atomic E-state index is 12.5. The number of ether oxygens (including phenoxy) is 2. The lowest BCUT2D eigenvalue weighted by atomic mass is 10.2. The minimum atomic E-state index is -0.712. The number of benzene rings is 2. The van der Waals surface area contributed by atoms with Crippen LogP contribution < -0.4 is 20.3 Å². The lowest BCUT2D eigenvalue weighted by molar-refractivity contribution is 0.0844. The molecule has 1 heterocycles. The smallest absolute Gasteiger partial charge is 0.273 e. The van der Waals surface area contributed by atoms with Crippen LogP contribution >= 0.6 is 11.6 Å². The lowest BCUT2D eigenvalue weighted by Gasteiger charge is -2.14. The zero-order valence-corrected chi connectivity index (χ0v) is 17.3. The molecule has 0 unspecified atom stereocenters. The second kappa shape index (κ2) is 10.3. The van der Waals surface area contributed by atoms with Crippen molar-refractivity contribution in [3.63, 3.8) is 0 Å². The van der Waals surface area contributed by atoms with Gasteiger partial charge in [-0.3, -0.25) is 25.4 Å². The van der Waals surface area contributed by atoms with E-state index >= 15 is 0 Å². The number of aromatic hydroxyl groups is 1. The quantitative estimate of drug-likeness (QED) is 0.484. The van der Waals surface area contributed by atoms with Crippen molar-refractivity contribution in [1.29, 1.82) is 0 Å². The average molecular weight is 442 g/mol. The highest BCUT2D eigenvalue weighted by Crippen LogP contribution is 2.29. The molecule has 0 aliphatic rings. The van der Waals surface area contributed by atoms with Gasteiger partial charge in [-0.15, -0.1) is 0 Å². The monoisotopic (exact) mass is 441 g/mol. The van der Waals surface area contributed by atoms with Crippen LogP contribution in [0.5, 0.6) is 17.2 Å². The van der Waals surface area contributed by atoms with E-state index in [1.54, 1.807) is 24.5 Å². The first kappa shape index (κ1) is 21.9. The molecular formula is C22H20ClN3O5. The Balaban J connectivity index is 1.67. The summed E-state index contributed by atoms with van der Waals surface area (Å²) in [6.45, 7) is 2.51. The third-order valence-electron chi connectivity index (χ3n) is 4.14. The predicted octanol–water partition coefficient (Wildman–Crippen LogP) is 3.49. The first-order chi connectivity index (χ1) is 15.0. The van der Waals surface area contributed by atoms with Crippen LogP contribution in [-0.4, -0.2) is 28.5 Å². The van der Waals surface area contributed by atoms with Crippen molar-refractivity contribution >= 4 is 23.4 Å². The number of aromatic nitrogens is 1. The molecule has 9 heteroatoms. The minimum absolute atomic E-state index is 0.0670. The van der Waals surface area contributed by atoms with Crippen molar-refractivity contribution in [3.05, 3.63) is 82.6 Å². The van der Waals surface area contributed by atoms with Crippen molar-refractivity contribution in [2.75, 3.05) is 6.61 Å². The number of nitrogens with one attached hydrogen (secondary N) is 2. The Morgan fingerprint density at radius 1 is 0.968 bits per heavy atom. The number of nitrogens with zero attached hydrogens (tertiary/aromatic N) is 1. The van der Waals surface area contributed by atoms with Gasteiger partial charge in [0.25, 0.3) is 11.8 Å². The molecule has 0 spiro atoms. The van der Waals surface area contributed by atoms with Gasteiger partial charge in [0.15, 0.2) is 11.5 Å². The standard InChI is InChI=1S/C22H20ClN3O5/c1-2-30-20-11-15(3-6-19(20)31-13-14-7-9-24-10-8-14)21(28)25-26-22(29)17-12-16(23)4-5-18(17)27/h3-12,27H,2,13H2,1H3,(H,25,28)(H,26,29). The summed E-state index contributed by atoms with van der Waals surface area (Å²) in [6, 6.07) is 12.4. The zero-order chi connectivity index (χ0) is 22.2. The van der Waals surface area contributed by atoms with E-state index in [9.17, 15) is 14.7 Å². The van der Waals surface area contributed by atoms with E-state index in [-0.39, 0.29) is 21.9 Å². The molecule has 2 amide bonds. The number of pyridine rings is 1. The minimum Gasteiger partial charge on any atom is -0.507 e. The summed E-state index contributed by atoms with van der Waals surface area (Å²) in [6.07, 6.45) is 3.35. The van der Waals surface area contributed by atoms with Crippen LogP contribution in [0, 0.1) is 0 Å². The van der Waals surface area contributed by atoms with E-state index in [0.717, 1.165) is 5.56 Å². The summed E-state index contributed by atoms with van der Waals surface area (Å²) in [5.41, 5.74) is 5.65. The molecule has 0 saturated heterocycles. The van der Waals surface area contributed by atoms with Crippen molar-refractivity contribution in [2.24, 2.45) is 0 Å². The molecule has 0 aliphatic heterocycles. The topological polar surface area (TPSA) is 110 Å². The molecule has 0 bridgehead atoms. The summed E-state index contributed by atoms with van der Waals surface area (Å²) >= 11 is 5.84. The van der Waals surface area contributed by atoms with E-state index < -0.39 is 11.8 Å². The Bertz CT molecular complexity index is 1080. The molecule has 3 aromatic rings. The summed E-state index contributed by atoms with van der Waals surface area (Å²) in [7, 11) is 0. The number of hydrazine groups is 1. The molecule has 1 aromatic heterocycles. The molecule has 0 radical (unpaired) electrons. The van der Waals surface area contributed by atoms with E-state index in [0.29, 0.717) is 24.7 Å². The first-order valence-electron chi connectivity index (χ1n) is 9.35. The van der Waals surface area contributed by atoms with Crippen LogP contribution in [0.15, 0.2) is 60.9 Å². The van der Waals surface area contributed by atoms with Gasteiger partial charge in [0, 0.05) is 23.0 Å². The second-order valence-electron chi connectivity index (χ2n) is 6.31. The molecule has 0 saturated carbocycles. The number of carbonyl (C=O) groups excluding carboxylic acids is 2. The Labute approximate surface area is 183 Å². The molecule has 3 rings (SSSR count). The number of amides is 2. The Hall–Kier alpha value is -3.78. The fourth-order valence-electron chi connectivity index (χ4n) is 2.62. The van der Waals surface area contributed by atoms with Gasteiger partial charge in [-0.2, -0.15) is 0 Å². The third-order valence-corrected chi connectivity index (χ3v) is 4.38. The van der Waals surface area contributed by atoms with Gasteiger partial charge in [-0.25, -0.2) is 0 Å². The summed E-state index contributed by atoms with van der Waals surface area (Å²) in [5, 5.41) is 10.1. The van der Waals surface area contributed by atoms with E-state index in [1.807, 2.05) is 19.1 Å². The number of halogens is 1. The maximum atomic E-state index is 12.5. The molecule has 3 N–H and O–H groups in total. The van der Waals surface area contributed by atoms with Crippen LogP contribution in [0.25, 0.3) is 0 Å². The molecule has 160 valence electrons. The van der Waals surface area contributed by atoms with Gasteiger partial charge in [0.05, 0.1) is 12.2 Å². The van der Waals surface area contributed by atoms with Gasteiger partial charge in [-0.05, 0) is 61.0 Å². The van der Waals surface area contributed by atoms with Crippen molar-refractivity contribution in [3.8, 4) is 17.2 Å². The van der Waals surface area contributed by atoms with Crippen molar-refractivity contribution in [2.45, 2.75) is 13.5 Å². The molecule has 8 nitrogen and oxygen atoms in total. The van der Waals surface area contributed by atoms with E-state index in [4.69, 9.17) is 21.1 Å². The summed E-state index contributed by atoms with van der Waals surface area (Å²) in [4.78, 5) is 28.6. The van der Waals surface area contributed by atoms with E-state index in [1.165, 1.54) is 24.3 Å². The van der Waals surface area contributed by atoms with Crippen LogP contribution in [0.2, 0.25) is 5.02 Å². The largest absolute Gasteiger partial charge is 0.507 e. The number of hydrogen-bond donors (Lipinski definition) is 3. The normalized spacial score (nSPS) is 10.3. The number of rotatable bonds is 7. The highest BCUT2D eigenvalue weighted by Gasteiger charge is 2.15. The third kappa shape index (κ3) is 5.86. The summed E-state index contributed by atoms with van der Waals surface area (Å²) < 4.78 is 11.4. The van der Waals surface area contributed by atoms with Crippen LogP contribution in [-0.2, 0) is 6.61 Å². The van der Waals surface area contributed by atoms with Crippen LogP contribution in [0.4, 0.5) is 0 Å². The SMILES string of the molecule is CCOc1cc(C(=O)NNC(=O)c2cc(Cl)ccc2O)ccc1OCc1ccncc1. The fourth-order valence-corrected chi connectivity index (χ4v) is 2.79. The van der Waals surface area contributed by atoms with Gasteiger partial charge < -0.3 is 14.6 Å². The maximum Gasteiger partial charge on any atom is 0.273 e. The fraction of sp³-hybridized carbons (Fsp3) is 0.136. The number of hydrogen-bond acceptors (Lipinski definition) is 6. The zero-order valence-electron chi connectivity index (χ0n) is 16.6. The van der Waals surface area contributed by atoms with Crippen molar-refractivity contribution < 1.29 is 24.2 Å². The molecule has 0 atom stereocenters. The van der Waals surface area contributed by atoms with Gasteiger partial charge in [-0.1, -0.05) is 11.6 Å². The molecule has 2 aromatic carbocycles. The first-order valence-corrected chi connectivity index (χ1v) is 9.73. The summed E-state index contributed by atoms with van der Waals surface area (Å²) in [5.74, 6) is -0.677. The second-order valence-corrected chi connectivity index (χ2v) is 6.74. The average Bonchev–Trinajstić information content (AvgIpc) is 2.78. The van der Waals surface area contributed by atoms with Crippen LogP contribution in [0.3, 0.4) is 0 Å². The Morgan fingerprint density at radius 2 is 1.71 bits per heavy atom. The molecular weight excluding hydrogens is 422 g/mol. The Morgan fingerprint density at radius 3 is 2.45 bits per heavy atom. The van der Waals surface area contributed by atoms with Crippen molar-refractivity contribution in [1.82, 2.24) is 15.8 Å². The predicted molar refractivity (Wildman–Crippen MR) is 114 cm³/mol. The van der Waals surface area contributed by atoms with Crippen LogP contribution in [0.1, 0.15) is 33.2 Å². The van der Waals surface area contributed by atoms with E-state index in [2.05, 4.69) is 15.8 Å². The molecule has 31 heavy (non-hydrogen) atoms. The number of phenolic OH excluding ortho intramolecular Hbond substituents is 1. The number of carbonyl (C=O) groups is 2. The lowest BCUT2D eigenvalue weighted by Crippen LogP contribution is -2.41.